The number of carbonyl (C=O) groups is 1. The Morgan fingerprint density at radius 1 is 0.929 bits per heavy atom. The van der Waals surface area contributed by atoms with Crippen LogP contribution in [0.2, 0.25) is 5.02 Å². The van der Waals surface area contributed by atoms with E-state index in [2.05, 4.69) is 20.2 Å². The fourth-order valence-electron chi connectivity index (χ4n) is 3.18. The molecule has 1 aliphatic heterocycles. The number of carbonyl (C=O) groups excluding carboxylic acids is 1. The molecule has 1 aromatic heterocycles. The van der Waals surface area contributed by atoms with Gasteiger partial charge < -0.3 is 15.1 Å². The molecule has 1 fully saturated rings. The topological polar surface area (TPSA) is 61.4 Å². The molecule has 2 heterocycles. The minimum Gasteiger partial charge on any atom is -0.368 e. The van der Waals surface area contributed by atoms with Crippen molar-refractivity contribution in [2.45, 2.75) is 0 Å². The van der Waals surface area contributed by atoms with Crippen LogP contribution in [0.4, 0.5) is 17.3 Å². The molecule has 0 spiro atoms. The van der Waals surface area contributed by atoms with Gasteiger partial charge in [0.2, 0.25) is 5.95 Å². The predicted octanol–water partition coefficient (Wildman–Crippen LogP) is 3.84. The standard InChI is InChI=1S/C21H20ClN5O/c22-17-5-4-8-19(13-17)26-9-11-27(12-10-26)20(28)16-14-23-21(24-15-16)25-18-6-2-1-3-7-18/h1-8,13-15H,9-12H2,(H,23,24,25). The second-order valence-corrected chi connectivity index (χ2v) is 6.98. The number of piperazine rings is 1. The van der Waals surface area contributed by atoms with Crippen molar-refractivity contribution < 1.29 is 4.79 Å². The molecule has 0 saturated carbocycles. The van der Waals surface area contributed by atoms with Crippen LogP contribution in [0, 0.1) is 0 Å². The van der Waals surface area contributed by atoms with Gasteiger partial charge in [0.05, 0.1) is 5.56 Å². The molecule has 0 radical (unpaired) electrons. The van der Waals surface area contributed by atoms with Gasteiger partial charge in [0.25, 0.3) is 5.91 Å². The van der Waals surface area contributed by atoms with Crippen LogP contribution in [0.3, 0.4) is 0 Å². The molecular weight excluding hydrogens is 374 g/mol. The number of nitrogens with zero attached hydrogens (tertiary/aromatic N) is 4. The Labute approximate surface area is 168 Å². The Hall–Kier alpha value is -3.12. The molecule has 0 atom stereocenters. The number of aromatic nitrogens is 2. The number of hydrogen-bond donors (Lipinski definition) is 1. The van der Waals surface area contributed by atoms with Crippen molar-refractivity contribution in [2.75, 3.05) is 36.4 Å². The van der Waals surface area contributed by atoms with Crippen LogP contribution in [-0.4, -0.2) is 47.0 Å². The smallest absolute Gasteiger partial charge is 0.257 e. The van der Waals surface area contributed by atoms with Gasteiger partial charge >= 0.3 is 0 Å². The Bertz CT molecular complexity index is 941. The highest BCUT2D eigenvalue weighted by Gasteiger charge is 2.23. The molecule has 0 aliphatic carbocycles. The van der Waals surface area contributed by atoms with Gasteiger partial charge in [-0.25, -0.2) is 9.97 Å². The molecule has 1 saturated heterocycles. The van der Waals surface area contributed by atoms with Gasteiger partial charge in [-0.05, 0) is 30.3 Å². The fraction of sp³-hybridized carbons (Fsp3) is 0.190. The summed E-state index contributed by atoms with van der Waals surface area (Å²) in [6.07, 6.45) is 3.15. The van der Waals surface area contributed by atoms with E-state index in [1.807, 2.05) is 59.5 Å². The maximum Gasteiger partial charge on any atom is 0.257 e. The number of para-hydroxylation sites is 1. The molecule has 1 amide bonds. The van der Waals surface area contributed by atoms with E-state index in [0.29, 0.717) is 24.6 Å². The Morgan fingerprint density at radius 3 is 2.32 bits per heavy atom. The predicted molar refractivity (Wildman–Crippen MR) is 111 cm³/mol. The molecule has 28 heavy (non-hydrogen) atoms. The molecule has 1 N–H and O–H groups in total. The third-order valence-corrected chi connectivity index (χ3v) is 4.90. The molecule has 7 heteroatoms. The second kappa shape index (κ2) is 8.27. The van der Waals surface area contributed by atoms with Crippen LogP contribution >= 0.6 is 11.6 Å². The van der Waals surface area contributed by atoms with Gasteiger partial charge in [-0.3, -0.25) is 4.79 Å². The van der Waals surface area contributed by atoms with Crippen molar-refractivity contribution in [3.05, 3.63) is 77.6 Å². The molecule has 142 valence electrons. The van der Waals surface area contributed by atoms with E-state index < -0.39 is 0 Å². The Morgan fingerprint density at radius 2 is 1.64 bits per heavy atom. The van der Waals surface area contributed by atoms with Crippen LogP contribution in [0.5, 0.6) is 0 Å². The lowest BCUT2D eigenvalue weighted by molar-refractivity contribution is 0.0746. The molecule has 0 bridgehead atoms. The van der Waals surface area contributed by atoms with Crippen molar-refractivity contribution in [3.8, 4) is 0 Å². The first kappa shape index (κ1) is 18.3. The number of halogens is 1. The number of anilines is 3. The molecule has 4 rings (SSSR count). The molecule has 6 nitrogen and oxygen atoms in total. The van der Waals surface area contributed by atoms with E-state index in [0.717, 1.165) is 29.5 Å². The SMILES string of the molecule is O=C(c1cnc(Nc2ccccc2)nc1)N1CCN(c2cccc(Cl)c2)CC1. The van der Waals surface area contributed by atoms with Crippen LogP contribution in [0.15, 0.2) is 67.0 Å². The summed E-state index contributed by atoms with van der Waals surface area (Å²) < 4.78 is 0. The van der Waals surface area contributed by atoms with Gasteiger partial charge in [-0.15, -0.1) is 0 Å². The normalized spacial score (nSPS) is 14.0. The molecule has 2 aromatic carbocycles. The lowest BCUT2D eigenvalue weighted by atomic mass is 10.2. The van der Waals surface area contributed by atoms with Crippen molar-refractivity contribution >= 4 is 34.8 Å². The molecule has 1 aliphatic rings. The average molecular weight is 394 g/mol. The van der Waals surface area contributed by atoms with Crippen molar-refractivity contribution in [1.82, 2.24) is 14.9 Å². The highest BCUT2D eigenvalue weighted by Crippen LogP contribution is 2.21. The van der Waals surface area contributed by atoms with E-state index >= 15 is 0 Å². The van der Waals surface area contributed by atoms with E-state index in [4.69, 9.17) is 11.6 Å². The molecular formula is C21H20ClN5O. The van der Waals surface area contributed by atoms with Gasteiger partial charge in [0.15, 0.2) is 0 Å². The zero-order valence-electron chi connectivity index (χ0n) is 15.3. The largest absolute Gasteiger partial charge is 0.368 e. The monoisotopic (exact) mass is 393 g/mol. The summed E-state index contributed by atoms with van der Waals surface area (Å²) in [4.78, 5) is 25.4. The van der Waals surface area contributed by atoms with Crippen molar-refractivity contribution in [3.63, 3.8) is 0 Å². The lowest BCUT2D eigenvalue weighted by Crippen LogP contribution is -2.48. The maximum absolute atomic E-state index is 12.8. The third-order valence-electron chi connectivity index (χ3n) is 4.67. The summed E-state index contributed by atoms with van der Waals surface area (Å²) in [7, 11) is 0. The van der Waals surface area contributed by atoms with Crippen molar-refractivity contribution in [2.24, 2.45) is 0 Å². The van der Waals surface area contributed by atoms with Crippen molar-refractivity contribution in [1.29, 1.82) is 0 Å². The Kier molecular flexibility index (Phi) is 5.39. The zero-order chi connectivity index (χ0) is 19.3. The average Bonchev–Trinajstić information content (AvgIpc) is 2.75. The lowest BCUT2D eigenvalue weighted by Gasteiger charge is -2.36. The first-order chi connectivity index (χ1) is 13.7. The van der Waals surface area contributed by atoms with E-state index in [9.17, 15) is 4.79 Å². The number of hydrogen-bond acceptors (Lipinski definition) is 5. The van der Waals surface area contributed by atoms with Gasteiger partial charge in [-0.2, -0.15) is 0 Å². The van der Waals surface area contributed by atoms with Gasteiger partial charge in [0.1, 0.15) is 0 Å². The summed E-state index contributed by atoms with van der Waals surface area (Å²) >= 11 is 6.08. The second-order valence-electron chi connectivity index (χ2n) is 6.55. The van der Waals surface area contributed by atoms with Crippen LogP contribution in [0.25, 0.3) is 0 Å². The number of benzene rings is 2. The van der Waals surface area contributed by atoms with E-state index in [1.54, 1.807) is 12.4 Å². The van der Waals surface area contributed by atoms with Crippen LogP contribution in [0.1, 0.15) is 10.4 Å². The molecule has 3 aromatic rings. The minimum atomic E-state index is -0.0444. The summed E-state index contributed by atoms with van der Waals surface area (Å²) in [5.74, 6) is 0.422. The highest BCUT2D eigenvalue weighted by molar-refractivity contribution is 6.30. The summed E-state index contributed by atoms with van der Waals surface area (Å²) in [6.45, 7) is 2.83. The summed E-state index contributed by atoms with van der Waals surface area (Å²) in [5.41, 5.74) is 2.48. The highest BCUT2D eigenvalue weighted by atomic mass is 35.5. The number of nitrogens with one attached hydrogen (secondary N) is 1. The summed E-state index contributed by atoms with van der Waals surface area (Å²) in [6, 6.07) is 17.5. The zero-order valence-corrected chi connectivity index (χ0v) is 16.0. The van der Waals surface area contributed by atoms with E-state index in [1.165, 1.54) is 0 Å². The fourth-order valence-corrected chi connectivity index (χ4v) is 3.36. The van der Waals surface area contributed by atoms with Crippen LogP contribution in [-0.2, 0) is 0 Å². The molecule has 0 unspecified atom stereocenters. The third kappa shape index (κ3) is 4.23. The van der Waals surface area contributed by atoms with Gasteiger partial charge in [-0.1, -0.05) is 35.9 Å². The number of rotatable bonds is 4. The van der Waals surface area contributed by atoms with Gasteiger partial charge in [0, 0.05) is 55.0 Å². The first-order valence-corrected chi connectivity index (χ1v) is 9.51. The number of amides is 1. The van der Waals surface area contributed by atoms with Crippen LogP contribution < -0.4 is 10.2 Å². The van der Waals surface area contributed by atoms with E-state index in [-0.39, 0.29) is 5.91 Å². The minimum absolute atomic E-state index is 0.0444. The maximum atomic E-state index is 12.8. The quantitative estimate of drug-likeness (QED) is 0.729. The first-order valence-electron chi connectivity index (χ1n) is 9.13. The summed E-state index contributed by atoms with van der Waals surface area (Å²) in [5, 5.41) is 3.83. The Balaban J connectivity index is 1.36.